The molecule has 0 fully saturated rings. The molecule has 0 saturated carbocycles. The third kappa shape index (κ3) is 10.2. The summed E-state index contributed by atoms with van der Waals surface area (Å²) in [5.74, 6) is 0.764. The lowest BCUT2D eigenvalue weighted by atomic mass is 10.1. The van der Waals surface area contributed by atoms with E-state index >= 15 is 0 Å². The molecule has 160 valence electrons. The number of anilines is 1. The van der Waals surface area contributed by atoms with Crippen LogP contribution in [0.4, 0.5) is 10.5 Å². The minimum absolute atomic E-state index is 0. The molecular weight excluding hydrogens is 483 g/mol. The Morgan fingerprint density at radius 2 is 1.90 bits per heavy atom. The maximum absolute atomic E-state index is 11.8. The first-order chi connectivity index (χ1) is 13.4. The van der Waals surface area contributed by atoms with Crippen molar-refractivity contribution in [3.63, 3.8) is 0 Å². The predicted molar refractivity (Wildman–Crippen MR) is 127 cm³/mol. The fourth-order valence-corrected chi connectivity index (χ4v) is 2.38. The highest BCUT2D eigenvalue weighted by Crippen LogP contribution is 2.13. The molecule has 1 heterocycles. The second-order valence-electron chi connectivity index (χ2n) is 7.28. The molecule has 0 saturated heterocycles. The fraction of sp³-hybridized carbons (Fsp3) is 0.450. The van der Waals surface area contributed by atoms with Crippen LogP contribution < -0.4 is 16.0 Å². The van der Waals surface area contributed by atoms with E-state index in [1.165, 1.54) is 0 Å². The van der Waals surface area contributed by atoms with Crippen LogP contribution in [-0.2, 0) is 17.7 Å². The highest BCUT2D eigenvalue weighted by atomic mass is 127. The number of aromatic nitrogens is 2. The van der Waals surface area contributed by atoms with E-state index < -0.39 is 11.7 Å². The van der Waals surface area contributed by atoms with Crippen LogP contribution in [-0.4, -0.2) is 40.9 Å². The molecule has 0 radical (unpaired) electrons. The maximum Gasteiger partial charge on any atom is 0.412 e. The fourth-order valence-electron chi connectivity index (χ4n) is 2.38. The third-order valence-electron chi connectivity index (χ3n) is 3.62. The van der Waals surface area contributed by atoms with Gasteiger partial charge >= 0.3 is 6.09 Å². The van der Waals surface area contributed by atoms with Crippen LogP contribution in [0.1, 0.15) is 39.0 Å². The van der Waals surface area contributed by atoms with E-state index in [1.54, 1.807) is 6.20 Å². The minimum Gasteiger partial charge on any atom is -0.444 e. The van der Waals surface area contributed by atoms with Crippen LogP contribution in [0, 0.1) is 0 Å². The van der Waals surface area contributed by atoms with Crippen molar-refractivity contribution < 1.29 is 9.53 Å². The summed E-state index contributed by atoms with van der Waals surface area (Å²) >= 11 is 0. The van der Waals surface area contributed by atoms with E-state index in [-0.39, 0.29) is 24.0 Å². The Hall–Kier alpha value is -2.30. The second kappa shape index (κ2) is 12.3. The van der Waals surface area contributed by atoms with E-state index in [2.05, 4.69) is 31.1 Å². The largest absolute Gasteiger partial charge is 0.444 e. The summed E-state index contributed by atoms with van der Waals surface area (Å²) in [6, 6.07) is 9.62. The molecule has 0 atom stereocenters. The van der Waals surface area contributed by atoms with Gasteiger partial charge in [0.2, 0.25) is 0 Å². The summed E-state index contributed by atoms with van der Waals surface area (Å²) < 4.78 is 5.25. The Labute approximate surface area is 189 Å². The summed E-state index contributed by atoms with van der Waals surface area (Å²) in [6.07, 6.45) is 2.10. The van der Waals surface area contributed by atoms with E-state index in [0.717, 1.165) is 36.7 Å². The van der Waals surface area contributed by atoms with Gasteiger partial charge in [-0.25, -0.2) is 9.79 Å². The lowest BCUT2D eigenvalue weighted by molar-refractivity contribution is 0.0636. The number of rotatable bonds is 7. The number of hydrogen-bond acceptors (Lipinski definition) is 4. The molecule has 0 aliphatic rings. The first-order valence-corrected chi connectivity index (χ1v) is 9.45. The van der Waals surface area contributed by atoms with Gasteiger partial charge in [-0.3, -0.25) is 10.4 Å². The number of guanidine groups is 1. The molecule has 4 N–H and O–H groups in total. The number of hydrogen-bond donors (Lipinski definition) is 4. The summed E-state index contributed by atoms with van der Waals surface area (Å²) in [5.41, 5.74) is 2.32. The highest BCUT2D eigenvalue weighted by molar-refractivity contribution is 14.0. The molecule has 0 aliphatic carbocycles. The molecule has 1 amide bonds. The zero-order valence-corrected chi connectivity index (χ0v) is 19.7. The number of amides is 1. The summed E-state index contributed by atoms with van der Waals surface area (Å²) in [6.45, 7) is 9.62. The molecule has 29 heavy (non-hydrogen) atoms. The topological polar surface area (TPSA) is 103 Å². The highest BCUT2D eigenvalue weighted by Gasteiger charge is 2.16. The Balaban J connectivity index is 0.00000420. The average Bonchev–Trinajstić information content (AvgIpc) is 3.13. The van der Waals surface area contributed by atoms with Gasteiger partial charge in [-0.05, 0) is 57.9 Å². The monoisotopic (exact) mass is 514 g/mol. The van der Waals surface area contributed by atoms with Crippen molar-refractivity contribution in [2.45, 2.75) is 46.3 Å². The van der Waals surface area contributed by atoms with Gasteiger partial charge in [0.1, 0.15) is 5.60 Å². The van der Waals surface area contributed by atoms with Gasteiger partial charge < -0.3 is 15.4 Å². The quantitative estimate of drug-likeness (QED) is 0.257. The van der Waals surface area contributed by atoms with Crippen molar-refractivity contribution in [3.05, 3.63) is 47.8 Å². The number of aromatic amines is 1. The molecule has 1 aromatic heterocycles. The van der Waals surface area contributed by atoms with Gasteiger partial charge in [-0.1, -0.05) is 12.1 Å². The molecule has 0 bridgehead atoms. The van der Waals surface area contributed by atoms with Crippen molar-refractivity contribution in [2.24, 2.45) is 4.99 Å². The number of nitrogens with one attached hydrogen (secondary N) is 4. The number of benzene rings is 1. The molecule has 0 aliphatic heterocycles. The predicted octanol–water partition coefficient (Wildman–Crippen LogP) is 3.67. The molecule has 0 unspecified atom stereocenters. The standard InChI is InChI=1S/C20H30N6O2.HI/c1-5-21-18(23-14-17-11-13-24-26-17)22-12-10-15-6-8-16(9-7-15)25-19(27)28-20(2,3)4;/h6-9,11,13H,5,10,12,14H2,1-4H3,(H,24,26)(H,25,27)(H2,21,22,23);1H. The average molecular weight is 514 g/mol. The van der Waals surface area contributed by atoms with Crippen molar-refractivity contribution in [2.75, 3.05) is 18.4 Å². The normalized spacial score (nSPS) is 11.4. The number of carbonyl (C=O) groups is 1. The molecule has 0 spiro atoms. The SMILES string of the molecule is CCNC(=NCc1ccn[nH]1)NCCc1ccc(NC(=O)OC(C)(C)C)cc1.I. The van der Waals surface area contributed by atoms with Gasteiger partial charge in [0.25, 0.3) is 0 Å². The minimum atomic E-state index is -0.515. The Morgan fingerprint density at radius 3 is 2.48 bits per heavy atom. The van der Waals surface area contributed by atoms with Crippen molar-refractivity contribution in [3.8, 4) is 0 Å². The van der Waals surface area contributed by atoms with E-state index in [9.17, 15) is 4.79 Å². The number of carbonyl (C=O) groups excluding carboxylic acids is 1. The van der Waals surface area contributed by atoms with Crippen LogP contribution in [0.25, 0.3) is 0 Å². The maximum atomic E-state index is 11.8. The van der Waals surface area contributed by atoms with E-state index in [0.29, 0.717) is 12.2 Å². The van der Waals surface area contributed by atoms with E-state index in [1.807, 2.05) is 58.0 Å². The summed E-state index contributed by atoms with van der Waals surface area (Å²) in [5, 5.41) is 16.1. The first kappa shape index (κ1) is 24.7. The number of H-pyrrole nitrogens is 1. The smallest absolute Gasteiger partial charge is 0.412 e. The summed E-state index contributed by atoms with van der Waals surface area (Å²) in [4.78, 5) is 16.3. The Kier molecular flexibility index (Phi) is 10.5. The molecular formula is C20H31IN6O2. The number of aliphatic imine (C=N–C) groups is 1. The number of ether oxygens (including phenoxy) is 1. The number of nitrogens with zero attached hydrogens (tertiary/aromatic N) is 2. The van der Waals surface area contributed by atoms with Gasteiger partial charge in [-0.2, -0.15) is 5.10 Å². The van der Waals surface area contributed by atoms with Crippen molar-refractivity contribution >= 4 is 41.7 Å². The van der Waals surface area contributed by atoms with Crippen LogP contribution in [0.2, 0.25) is 0 Å². The zero-order valence-electron chi connectivity index (χ0n) is 17.4. The van der Waals surface area contributed by atoms with Gasteiger partial charge in [0, 0.05) is 25.0 Å². The Bertz CT molecular complexity index is 754. The summed E-state index contributed by atoms with van der Waals surface area (Å²) in [7, 11) is 0. The van der Waals surface area contributed by atoms with Gasteiger partial charge in [0.15, 0.2) is 5.96 Å². The lowest BCUT2D eigenvalue weighted by Gasteiger charge is -2.19. The molecule has 1 aromatic carbocycles. The van der Waals surface area contributed by atoms with Gasteiger partial charge in [-0.15, -0.1) is 24.0 Å². The molecule has 8 nitrogen and oxygen atoms in total. The first-order valence-electron chi connectivity index (χ1n) is 9.45. The van der Waals surface area contributed by atoms with Crippen LogP contribution >= 0.6 is 24.0 Å². The molecule has 9 heteroatoms. The lowest BCUT2D eigenvalue weighted by Crippen LogP contribution is -2.38. The second-order valence-corrected chi connectivity index (χ2v) is 7.28. The molecule has 2 rings (SSSR count). The molecule has 2 aromatic rings. The third-order valence-corrected chi connectivity index (χ3v) is 3.62. The van der Waals surface area contributed by atoms with Gasteiger partial charge in [0.05, 0.1) is 12.2 Å². The Morgan fingerprint density at radius 1 is 1.17 bits per heavy atom. The van der Waals surface area contributed by atoms with Crippen molar-refractivity contribution in [1.29, 1.82) is 0 Å². The van der Waals surface area contributed by atoms with Crippen LogP contribution in [0.3, 0.4) is 0 Å². The van der Waals surface area contributed by atoms with Crippen LogP contribution in [0.5, 0.6) is 0 Å². The van der Waals surface area contributed by atoms with Crippen LogP contribution in [0.15, 0.2) is 41.5 Å². The number of halogens is 1. The van der Waals surface area contributed by atoms with Crippen molar-refractivity contribution in [1.82, 2.24) is 20.8 Å². The van der Waals surface area contributed by atoms with E-state index in [4.69, 9.17) is 4.74 Å². The zero-order chi connectivity index (χ0) is 20.4.